The first-order valence-electron chi connectivity index (χ1n) is 8.04. The number of hydrogen-bond acceptors (Lipinski definition) is 5. The maximum atomic E-state index is 11.9. The van der Waals surface area contributed by atoms with E-state index in [1.807, 2.05) is 56.3 Å². The van der Waals surface area contributed by atoms with Gasteiger partial charge in [0, 0.05) is 5.56 Å². The van der Waals surface area contributed by atoms with E-state index in [9.17, 15) is 4.79 Å². The van der Waals surface area contributed by atoms with E-state index in [1.54, 1.807) is 0 Å². The molecule has 1 aliphatic rings. The van der Waals surface area contributed by atoms with Crippen molar-refractivity contribution >= 4 is 11.6 Å². The number of hydrogen-bond donors (Lipinski definition) is 1. The summed E-state index contributed by atoms with van der Waals surface area (Å²) in [6, 6.07) is 13.1. The van der Waals surface area contributed by atoms with E-state index in [-0.39, 0.29) is 12.5 Å². The van der Waals surface area contributed by atoms with Crippen molar-refractivity contribution in [1.82, 2.24) is 5.43 Å². The van der Waals surface area contributed by atoms with E-state index in [0.717, 1.165) is 16.9 Å². The largest absolute Gasteiger partial charge is 0.486 e. The van der Waals surface area contributed by atoms with Gasteiger partial charge in [-0.3, -0.25) is 4.79 Å². The summed E-state index contributed by atoms with van der Waals surface area (Å²) in [7, 11) is 0. The van der Waals surface area contributed by atoms with Crippen LogP contribution in [0, 0.1) is 6.92 Å². The van der Waals surface area contributed by atoms with Crippen LogP contribution in [0.2, 0.25) is 0 Å². The Hall–Kier alpha value is -3.02. The number of ether oxygens (including phenoxy) is 3. The summed E-state index contributed by atoms with van der Waals surface area (Å²) in [6.45, 7) is 4.76. The van der Waals surface area contributed by atoms with Crippen LogP contribution in [0.5, 0.6) is 17.2 Å². The van der Waals surface area contributed by atoms with Gasteiger partial charge in [0.1, 0.15) is 19.0 Å². The zero-order chi connectivity index (χ0) is 17.6. The summed E-state index contributed by atoms with van der Waals surface area (Å²) in [5.41, 5.74) is 5.09. The van der Waals surface area contributed by atoms with Crippen molar-refractivity contribution in [3.63, 3.8) is 0 Å². The molecule has 0 atom stereocenters. The number of amides is 1. The van der Waals surface area contributed by atoms with Crippen molar-refractivity contribution in [1.29, 1.82) is 0 Å². The third-order valence-electron chi connectivity index (χ3n) is 3.67. The molecule has 0 aliphatic carbocycles. The molecular formula is C19H20N2O4. The summed E-state index contributed by atoms with van der Waals surface area (Å²) < 4.78 is 16.5. The Labute approximate surface area is 146 Å². The summed E-state index contributed by atoms with van der Waals surface area (Å²) in [6.07, 6.45) is 0. The van der Waals surface area contributed by atoms with Crippen LogP contribution in [0.4, 0.5) is 0 Å². The second kappa shape index (κ2) is 7.70. The smallest absolute Gasteiger partial charge is 0.277 e. The van der Waals surface area contributed by atoms with E-state index in [1.165, 1.54) is 0 Å². The van der Waals surface area contributed by atoms with Crippen LogP contribution < -0.4 is 19.6 Å². The maximum Gasteiger partial charge on any atom is 0.277 e. The number of nitrogens with one attached hydrogen (secondary N) is 1. The average molecular weight is 340 g/mol. The molecule has 130 valence electrons. The Kier molecular flexibility index (Phi) is 5.18. The fraction of sp³-hybridized carbons (Fsp3) is 0.263. The normalized spacial score (nSPS) is 13.3. The highest BCUT2D eigenvalue weighted by Crippen LogP contribution is 2.30. The number of hydrazone groups is 1. The number of carbonyl (C=O) groups is 1. The Balaban J connectivity index is 1.56. The maximum absolute atomic E-state index is 11.9. The number of nitrogens with zero attached hydrogens (tertiary/aromatic N) is 1. The van der Waals surface area contributed by atoms with Gasteiger partial charge < -0.3 is 14.2 Å². The monoisotopic (exact) mass is 340 g/mol. The van der Waals surface area contributed by atoms with Crippen molar-refractivity contribution in [2.75, 3.05) is 19.8 Å². The quantitative estimate of drug-likeness (QED) is 0.671. The lowest BCUT2D eigenvalue weighted by Gasteiger charge is -2.18. The van der Waals surface area contributed by atoms with Gasteiger partial charge in [-0.05, 0) is 49.7 Å². The van der Waals surface area contributed by atoms with E-state index in [4.69, 9.17) is 14.2 Å². The first kappa shape index (κ1) is 16.8. The average Bonchev–Trinajstić information content (AvgIpc) is 2.64. The minimum atomic E-state index is -0.321. The minimum Gasteiger partial charge on any atom is -0.486 e. The van der Waals surface area contributed by atoms with Crippen molar-refractivity contribution in [3.05, 3.63) is 53.6 Å². The fourth-order valence-corrected chi connectivity index (χ4v) is 2.37. The molecule has 0 unspecified atom stereocenters. The first-order valence-corrected chi connectivity index (χ1v) is 8.04. The van der Waals surface area contributed by atoms with E-state index in [2.05, 4.69) is 10.5 Å². The van der Waals surface area contributed by atoms with Crippen molar-refractivity contribution in [2.45, 2.75) is 13.8 Å². The molecule has 1 aliphatic heterocycles. The Morgan fingerprint density at radius 3 is 2.76 bits per heavy atom. The number of benzene rings is 2. The van der Waals surface area contributed by atoms with Gasteiger partial charge in [0.15, 0.2) is 18.1 Å². The molecule has 0 saturated carbocycles. The number of rotatable bonds is 5. The highest BCUT2D eigenvalue weighted by Gasteiger charge is 2.12. The van der Waals surface area contributed by atoms with Gasteiger partial charge in [0.05, 0.1) is 5.71 Å². The summed E-state index contributed by atoms with van der Waals surface area (Å²) in [4.78, 5) is 11.9. The molecule has 25 heavy (non-hydrogen) atoms. The highest BCUT2D eigenvalue weighted by molar-refractivity contribution is 5.99. The fourth-order valence-electron chi connectivity index (χ4n) is 2.37. The number of aryl methyl sites for hydroxylation is 1. The summed E-state index contributed by atoms with van der Waals surface area (Å²) >= 11 is 0. The number of carbonyl (C=O) groups excluding carboxylic acids is 1. The second-order valence-corrected chi connectivity index (χ2v) is 5.70. The highest BCUT2D eigenvalue weighted by atomic mass is 16.6. The van der Waals surface area contributed by atoms with Crippen LogP contribution >= 0.6 is 0 Å². The Morgan fingerprint density at radius 1 is 1.16 bits per heavy atom. The molecule has 2 aromatic rings. The first-order chi connectivity index (χ1) is 12.1. The van der Waals surface area contributed by atoms with E-state index < -0.39 is 0 Å². The minimum absolute atomic E-state index is 0.0959. The Morgan fingerprint density at radius 2 is 1.96 bits per heavy atom. The van der Waals surface area contributed by atoms with Gasteiger partial charge in [-0.2, -0.15) is 5.10 Å². The lowest BCUT2D eigenvalue weighted by atomic mass is 10.1. The molecule has 0 bridgehead atoms. The van der Waals surface area contributed by atoms with Gasteiger partial charge in [-0.1, -0.05) is 12.1 Å². The summed E-state index contributed by atoms with van der Waals surface area (Å²) in [5.74, 6) is 1.74. The molecule has 1 N–H and O–H groups in total. The molecule has 0 spiro atoms. The lowest BCUT2D eigenvalue weighted by Crippen LogP contribution is -2.25. The van der Waals surface area contributed by atoms with Crippen molar-refractivity contribution < 1.29 is 19.0 Å². The molecule has 0 radical (unpaired) electrons. The van der Waals surface area contributed by atoms with Crippen LogP contribution in [0.1, 0.15) is 18.1 Å². The van der Waals surface area contributed by atoms with Crippen LogP contribution in [0.25, 0.3) is 0 Å². The van der Waals surface area contributed by atoms with Gasteiger partial charge >= 0.3 is 0 Å². The predicted molar refractivity (Wildman–Crippen MR) is 94.5 cm³/mol. The SMILES string of the molecule is C/C(=N\NC(=O)COc1cccc(C)c1)c1ccc2c(c1)OCCO2. The van der Waals surface area contributed by atoms with Crippen LogP contribution in [-0.2, 0) is 4.79 Å². The van der Waals surface area contributed by atoms with Crippen molar-refractivity contribution in [3.8, 4) is 17.2 Å². The lowest BCUT2D eigenvalue weighted by molar-refractivity contribution is -0.123. The van der Waals surface area contributed by atoms with Gasteiger partial charge in [-0.15, -0.1) is 0 Å². The van der Waals surface area contributed by atoms with E-state index in [0.29, 0.717) is 30.4 Å². The molecule has 3 rings (SSSR count). The molecule has 1 amide bonds. The molecule has 0 aromatic heterocycles. The molecular weight excluding hydrogens is 320 g/mol. The zero-order valence-corrected chi connectivity index (χ0v) is 14.2. The Bertz CT molecular complexity index is 802. The molecule has 2 aromatic carbocycles. The molecule has 1 heterocycles. The van der Waals surface area contributed by atoms with Crippen LogP contribution in [0.3, 0.4) is 0 Å². The standard InChI is InChI=1S/C19H20N2O4/c1-13-4-3-5-16(10-13)25-12-19(22)21-20-14(2)15-6-7-17-18(11-15)24-9-8-23-17/h3-7,10-11H,8-9,12H2,1-2H3,(H,21,22)/b20-14+. The van der Waals surface area contributed by atoms with Crippen LogP contribution in [0.15, 0.2) is 47.6 Å². The summed E-state index contributed by atoms with van der Waals surface area (Å²) in [5, 5.41) is 4.11. The molecule has 6 nitrogen and oxygen atoms in total. The van der Waals surface area contributed by atoms with Crippen LogP contribution in [-0.4, -0.2) is 31.4 Å². The van der Waals surface area contributed by atoms with E-state index >= 15 is 0 Å². The second-order valence-electron chi connectivity index (χ2n) is 5.70. The predicted octanol–water partition coefficient (Wildman–Crippen LogP) is 2.69. The molecule has 0 fully saturated rings. The third kappa shape index (κ3) is 4.50. The molecule has 0 saturated heterocycles. The zero-order valence-electron chi connectivity index (χ0n) is 14.2. The van der Waals surface area contributed by atoms with Gasteiger partial charge in [0.2, 0.25) is 0 Å². The van der Waals surface area contributed by atoms with Gasteiger partial charge in [-0.25, -0.2) is 5.43 Å². The third-order valence-corrected chi connectivity index (χ3v) is 3.67. The molecule has 6 heteroatoms. The number of fused-ring (bicyclic) bond motifs is 1. The van der Waals surface area contributed by atoms with Gasteiger partial charge in [0.25, 0.3) is 5.91 Å². The topological polar surface area (TPSA) is 69.2 Å². The van der Waals surface area contributed by atoms with Crippen molar-refractivity contribution in [2.24, 2.45) is 5.10 Å².